The van der Waals surface area contributed by atoms with E-state index in [0.29, 0.717) is 6.61 Å². The molecule has 0 aliphatic heterocycles. The van der Waals surface area contributed by atoms with Gasteiger partial charge in [-0.15, -0.1) is 0 Å². The molecule has 0 heterocycles. The number of Topliss-reactive ketones (excluding diaryl/α,β-unsaturated/α-hetero) is 1. The molecule has 0 aliphatic rings. The van der Waals surface area contributed by atoms with E-state index >= 15 is 0 Å². The molecule has 0 radical (unpaired) electrons. The van der Waals surface area contributed by atoms with Crippen molar-refractivity contribution in [1.29, 1.82) is 0 Å². The van der Waals surface area contributed by atoms with Crippen molar-refractivity contribution in [2.24, 2.45) is 5.41 Å². The molecule has 0 unspecified atom stereocenters. The van der Waals surface area contributed by atoms with Crippen LogP contribution in [-0.2, 0) is 9.53 Å². The maximum Gasteiger partial charge on any atom is 0.157 e. The number of carbonyl (C=O) groups excluding carboxylic acids is 1. The number of carbonyl (C=O) groups is 1. The Hall–Kier alpha value is -0.410. The van der Waals surface area contributed by atoms with Gasteiger partial charge >= 0.3 is 0 Å². The van der Waals surface area contributed by atoms with Gasteiger partial charge in [0, 0.05) is 11.0 Å². The summed E-state index contributed by atoms with van der Waals surface area (Å²) in [5, 5.41) is 0. The molecule has 0 amide bonds. The van der Waals surface area contributed by atoms with Gasteiger partial charge in [-0.1, -0.05) is 20.8 Å². The van der Waals surface area contributed by atoms with Crippen LogP contribution in [0.3, 0.4) is 0 Å². The smallest absolute Gasteiger partial charge is 0.157 e. The Bertz CT molecular complexity index is 302. The Morgan fingerprint density at radius 2 is 1.42 bits per heavy atom. The van der Waals surface area contributed by atoms with E-state index in [1.807, 2.05) is 48.6 Å². The zero-order chi connectivity index (χ0) is 15.6. The third-order valence-electron chi connectivity index (χ3n) is 3.24. The standard InChI is InChI=1S/C16H33NO2/c1-14(2,3)13(18)12(11-19-16(7,8)9)17(10)15(4,5)6/h12H,11H2,1-10H3/t12-/m0/s1. The molecule has 0 aromatic heterocycles. The number of ketones is 1. The van der Waals surface area contributed by atoms with Crippen LogP contribution in [0.15, 0.2) is 0 Å². The molecule has 3 heteroatoms. The molecule has 1 atom stereocenters. The summed E-state index contributed by atoms with van der Waals surface area (Å²) in [6.45, 7) is 18.7. The molecule has 0 aliphatic carbocycles. The fourth-order valence-electron chi connectivity index (χ4n) is 1.66. The zero-order valence-electron chi connectivity index (χ0n) is 14.5. The van der Waals surface area contributed by atoms with Crippen LogP contribution >= 0.6 is 0 Å². The lowest BCUT2D eigenvalue weighted by molar-refractivity contribution is -0.138. The molecule has 0 aromatic carbocycles. The lowest BCUT2D eigenvalue weighted by atomic mass is 9.85. The summed E-state index contributed by atoms with van der Waals surface area (Å²) in [6, 6.07) is -0.209. The quantitative estimate of drug-likeness (QED) is 0.783. The van der Waals surface area contributed by atoms with Gasteiger partial charge in [0.05, 0.1) is 18.2 Å². The van der Waals surface area contributed by atoms with Crippen LogP contribution < -0.4 is 0 Å². The van der Waals surface area contributed by atoms with Gasteiger partial charge in [-0.2, -0.15) is 0 Å². The molecule has 0 saturated heterocycles. The summed E-state index contributed by atoms with van der Waals surface area (Å²) in [6.07, 6.45) is 0. The van der Waals surface area contributed by atoms with Gasteiger partial charge in [-0.25, -0.2) is 0 Å². The second-order valence-electron chi connectivity index (χ2n) is 8.34. The lowest BCUT2D eigenvalue weighted by Crippen LogP contribution is -2.54. The second kappa shape index (κ2) is 5.92. The van der Waals surface area contributed by atoms with E-state index in [1.54, 1.807) is 0 Å². The highest BCUT2D eigenvalue weighted by molar-refractivity contribution is 5.88. The summed E-state index contributed by atoms with van der Waals surface area (Å²) in [5.74, 6) is 0.231. The highest BCUT2D eigenvalue weighted by Gasteiger charge is 2.37. The van der Waals surface area contributed by atoms with Crippen LogP contribution in [0.25, 0.3) is 0 Å². The number of hydrogen-bond acceptors (Lipinski definition) is 3. The van der Waals surface area contributed by atoms with Gasteiger partial charge in [-0.3, -0.25) is 9.69 Å². The highest BCUT2D eigenvalue weighted by atomic mass is 16.5. The van der Waals surface area contributed by atoms with Crippen molar-refractivity contribution in [3.05, 3.63) is 0 Å². The molecule has 0 aromatic rings. The topological polar surface area (TPSA) is 29.5 Å². The molecule has 0 N–H and O–H groups in total. The summed E-state index contributed by atoms with van der Waals surface area (Å²) in [4.78, 5) is 14.8. The normalized spacial score (nSPS) is 15.7. The number of hydrogen-bond donors (Lipinski definition) is 0. The van der Waals surface area contributed by atoms with Gasteiger partial charge in [-0.05, 0) is 48.6 Å². The van der Waals surface area contributed by atoms with E-state index in [-0.39, 0.29) is 28.4 Å². The first-order valence-electron chi connectivity index (χ1n) is 7.07. The van der Waals surface area contributed by atoms with Crippen molar-refractivity contribution < 1.29 is 9.53 Å². The third kappa shape index (κ3) is 6.53. The Kier molecular flexibility index (Phi) is 5.80. The van der Waals surface area contributed by atoms with Crippen LogP contribution in [-0.4, -0.2) is 41.5 Å². The van der Waals surface area contributed by atoms with Crippen molar-refractivity contribution in [3.8, 4) is 0 Å². The first-order valence-corrected chi connectivity index (χ1v) is 7.07. The van der Waals surface area contributed by atoms with E-state index in [0.717, 1.165) is 0 Å². The monoisotopic (exact) mass is 271 g/mol. The maximum absolute atomic E-state index is 12.6. The third-order valence-corrected chi connectivity index (χ3v) is 3.24. The summed E-state index contributed by atoms with van der Waals surface area (Å²) >= 11 is 0. The minimum absolute atomic E-state index is 0.0627. The number of likely N-dealkylation sites (N-methyl/N-ethyl adjacent to an activating group) is 1. The van der Waals surface area contributed by atoms with Crippen LogP contribution in [0.1, 0.15) is 62.3 Å². The molecule has 0 fully saturated rings. The molecule has 0 saturated carbocycles. The fourth-order valence-corrected chi connectivity index (χ4v) is 1.66. The molecular formula is C16H33NO2. The first-order chi connectivity index (χ1) is 8.16. The molecule has 0 spiro atoms. The fraction of sp³-hybridized carbons (Fsp3) is 0.938. The molecule has 19 heavy (non-hydrogen) atoms. The minimum atomic E-state index is -0.356. The average molecular weight is 271 g/mol. The van der Waals surface area contributed by atoms with Gasteiger partial charge in [0.1, 0.15) is 0 Å². The summed E-state index contributed by atoms with van der Waals surface area (Å²) < 4.78 is 5.86. The van der Waals surface area contributed by atoms with Gasteiger partial charge in [0.2, 0.25) is 0 Å². The van der Waals surface area contributed by atoms with E-state index in [2.05, 4.69) is 25.7 Å². The summed E-state index contributed by atoms with van der Waals surface area (Å²) in [7, 11) is 2.00. The van der Waals surface area contributed by atoms with Crippen molar-refractivity contribution in [2.75, 3.05) is 13.7 Å². The lowest BCUT2D eigenvalue weighted by Gasteiger charge is -2.41. The largest absolute Gasteiger partial charge is 0.374 e. The Balaban J connectivity index is 5.11. The van der Waals surface area contributed by atoms with Gasteiger partial charge in [0.15, 0.2) is 5.78 Å². The molecule has 0 rings (SSSR count). The van der Waals surface area contributed by atoms with E-state index in [4.69, 9.17) is 4.74 Å². The van der Waals surface area contributed by atoms with Crippen LogP contribution in [0, 0.1) is 5.41 Å². The highest BCUT2D eigenvalue weighted by Crippen LogP contribution is 2.24. The molecule has 114 valence electrons. The van der Waals surface area contributed by atoms with Crippen molar-refractivity contribution in [1.82, 2.24) is 4.90 Å². The second-order valence-corrected chi connectivity index (χ2v) is 8.34. The molecule has 0 bridgehead atoms. The van der Waals surface area contributed by atoms with Gasteiger partial charge < -0.3 is 4.74 Å². The Morgan fingerprint density at radius 3 is 1.68 bits per heavy atom. The van der Waals surface area contributed by atoms with Crippen LogP contribution in [0.4, 0.5) is 0 Å². The zero-order valence-corrected chi connectivity index (χ0v) is 14.5. The number of rotatable bonds is 4. The first kappa shape index (κ1) is 18.6. The predicted octanol–water partition coefficient (Wildman–Crippen LogP) is 3.52. The average Bonchev–Trinajstić information content (AvgIpc) is 2.12. The summed E-state index contributed by atoms with van der Waals surface area (Å²) in [5.41, 5.74) is -0.645. The Labute approximate surface area is 119 Å². The van der Waals surface area contributed by atoms with E-state index in [1.165, 1.54) is 0 Å². The minimum Gasteiger partial charge on any atom is -0.374 e. The van der Waals surface area contributed by atoms with Crippen molar-refractivity contribution in [2.45, 2.75) is 79.5 Å². The van der Waals surface area contributed by atoms with Crippen molar-refractivity contribution >= 4 is 5.78 Å². The van der Waals surface area contributed by atoms with Gasteiger partial charge in [0.25, 0.3) is 0 Å². The van der Waals surface area contributed by atoms with Crippen LogP contribution in [0.2, 0.25) is 0 Å². The van der Waals surface area contributed by atoms with E-state index < -0.39 is 0 Å². The van der Waals surface area contributed by atoms with Crippen LogP contribution in [0.5, 0.6) is 0 Å². The predicted molar refractivity (Wildman–Crippen MR) is 81.5 cm³/mol. The maximum atomic E-state index is 12.6. The Morgan fingerprint density at radius 1 is 1.00 bits per heavy atom. The molecule has 3 nitrogen and oxygen atoms in total. The van der Waals surface area contributed by atoms with E-state index in [9.17, 15) is 4.79 Å². The van der Waals surface area contributed by atoms with Crippen molar-refractivity contribution in [3.63, 3.8) is 0 Å². The number of nitrogens with zero attached hydrogens (tertiary/aromatic N) is 1. The number of ether oxygens (including phenoxy) is 1. The SMILES string of the molecule is CN([C@@H](COC(C)(C)C)C(=O)C(C)(C)C)C(C)(C)C. The molecular weight excluding hydrogens is 238 g/mol.